The van der Waals surface area contributed by atoms with Gasteiger partial charge in [0, 0.05) is 10.0 Å². The van der Waals surface area contributed by atoms with Gasteiger partial charge in [0.15, 0.2) is 0 Å². The molecule has 0 aliphatic carbocycles. The quantitative estimate of drug-likeness (QED) is 0.858. The third-order valence-corrected chi connectivity index (χ3v) is 4.79. The largest absolute Gasteiger partial charge is 0.480 e. The van der Waals surface area contributed by atoms with Gasteiger partial charge in [-0.1, -0.05) is 35.3 Å². The molecule has 1 atom stereocenters. The molecule has 2 rings (SSSR count). The van der Waals surface area contributed by atoms with Gasteiger partial charge < -0.3 is 5.11 Å². The lowest BCUT2D eigenvalue weighted by atomic mass is 10.1. The molecule has 0 spiro atoms. The highest BCUT2D eigenvalue weighted by Crippen LogP contribution is 2.21. The summed E-state index contributed by atoms with van der Waals surface area (Å²) < 4.78 is 26.7. The van der Waals surface area contributed by atoms with E-state index in [1.165, 1.54) is 48.5 Å². The summed E-state index contributed by atoms with van der Waals surface area (Å²) in [7, 11) is -4.00. The summed E-state index contributed by atoms with van der Waals surface area (Å²) in [5, 5.41) is 10.1. The van der Waals surface area contributed by atoms with E-state index in [1.54, 1.807) is 0 Å². The molecular formula is C14H11Cl2NO4S. The lowest BCUT2D eigenvalue weighted by Crippen LogP contribution is -2.33. The van der Waals surface area contributed by atoms with Crippen LogP contribution in [0.2, 0.25) is 10.0 Å². The first-order chi connectivity index (χ1) is 10.3. The number of halogens is 2. The molecule has 0 bridgehead atoms. The molecule has 2 aromatic carbocycles. The topological polar surface area (TPSA) is 83.5 Å². The minimum absolute atomic E-state index is 0.0721. The molecule has 2 N–H and O–H groups in total. The van der Waals surface area contributed by atoms with E-state index >= 15 is 0 Å². The number of sulfonamides is 1. The van der Waals surface area contributed by atoms with E-state index < -0.39 is 22.0 Å². The van der Waals surface area contributed by atoms with Gasteiger partial charge in [0.2, 0.25) is 10.0 Å². The summed E-state index contributed by atoms with van der Waals surface area (Å²) in [4.78, 5) is 11.3. The molecule has 5 nitrogen and oxygen atoms in total. The van der Waals surface area contributed by atoms with Crippen molar-refractivity contribution in [2.75, 3.05) is 0 Å². The molecule has 0 fully saturated rings. The minimum atomic E-state index is -4.00. The van der Waals surface area contributed by atoms with Crippen molar-refractivity contribution in [3.63, 3.8) is 0 Å². The third kappa shape index (κ3) is 3.98. The second-order valence-electron chi connectivity index (χ2n) is 4.40. The van der Waals surface area contributed by atoms with E-state index in [2.05, 4.69) is 4.72 Å². The van der Waals surface area contributed by atoms with Crippen molar-refractivity contribution in [1.29, 1.82) is 0 Å². The van der Waals surface area contributed by atoms with E-state index in [-0.39, 0.29) is 10.5 Å². The van der Waals surface area contributed by atoms with Crippen molar-refractivity contribution in [3.8, 4) is 0 Å². The number of carbonyl (C=O) groups is 1. The Kier molecular flexibility index (Phi) is 5.08. The average molecular weight is 360 g/mol. The van der Waals surface area contributed by atoms with Gasteiger partial charge in [0.1, 0.15) is 6.04 Å². The molecule has 0 aromatic heterocycles. The molecule has 0 saturated carbocycles. The van der Waals surface area contributed by atoms with Crippen molar-refractivity contribution < 1.29 is 18.3 Å². The summed E-state index contributed by atoms with van der Waals surface area (Å²) in [6, 6.07) is 9.88. The number of benzene rings is 2. The molecule has 0 radical (unpaired) electrons. The van der Waals surface area contributed by atoms with Crippen LogP contribution in [0, 0.1) is 0 Å². The number of carboxylic acid groups (broad SMARTS) is 1. The van der Waals surface area contributed by atoms with Crippen LogP contribution in [0.3, 0.4) is 0 Å². The standard InChI is InChI=1S/C14H11Cl2NO4S/c15-10-3-1-9(2-4-10)13(14(18)19)17-22(20,21)12-7-5-11(16)6-8-12/h1-8,13,17H,(H,18,19). The molecule has 1 unspecified atom stereocenters. The molecule has 0 amide bonds. The summed E-state index contributed by atoms with van der Waals surface area (Å²) in [6.07, 6.45) is 0. The molecule has 0 aliphatic heterocycles. The van der Waals surface area contributed by atoms with E-state index in [0.717, 1.165) is 0 Å². The fourth-order valence-electron chi connectivity index (χ4n) is 1.75. The number of hydrogen-bond acceptors (Lipinski definition) is 3. The second-order valence-corrected chi connectivity index (χ2v) is 6.98. The van der Waals surface area contributed by atoms with Crippen molar-refractivity contribution in [1.82, 2.24) is 4.72 Å². The fraction of sp³-hybridized carbons (Fsp3) is 0.0714. The predicted octanol–water partition coefficient (Wildman–Crippen LogP) is 3.10. The van der Waals surface area contributed by atoms with Crippen LogP contribution in [0.15, 0.2) is 53.4 Å². The summed E-state index contributed by atoms with van der Waals surface area (Å²) in [5.41, 5.74) is 0.273. The van der Waals surface area contributed by atoms with E-state index in [1.807, 2.05) is 0 Å². The van der Waals surface area contributed by atoms with Gasteiger partial charge in [-0.3, -0.25) is 4.79 Å². The first kappa shape index (κ1) is 16.8. The average Bonchev–Trinajstić information content (AvgIpc) is 2.46. The zero-order valence-corrected chi connectivity index (χ0v) is 13.4. The molecule has 0 aliphatic rings. The maximum Gasteiger partial charge on any atom is 0.326 e. The Morgan fingerprint density at radius 1 is 0.955 bits per heavy atom. The van der Waals surface area contributed by atoms with Gasteiger partial charge >= 0.3 is 5.97 Å². The maximum absolute atomic E-state index is 12.3. The first-order valence-corrected chi connectivity index (χ1v) is 8.30. The van der Waals surface area contributed by atoms with Gasteiger partial charge in [0.25, 0.3) is 0 Å². The van der Waals surface area contributed by atoms with Crippen LogP contribution in [0.4, 0.5) is 0 Å². The van der Waals surface area contributed by atoms with Crippen LogP contribution in [-0.4, -0.2) is 19.5 Å². The molecule has 116 valence electrons. The molecule has 8 heteroatoms. The Morgan fingerprint density at radius 2 is 1.41 bits per heavy atom. The number of hydrogen-bond donors (Lipinski definition) is 2. The summed E-state index contributed by atoms with van der Waals surface area (Å²) >= 11 is 11.4. The highest BCUT2D eigenvalue weighted by molar-refractivity contribution is 7.89. The lowest BCUT2D eigenvalue weighted by molar-refractivity contribution is -0.139. The summed E-state index contributed by atoms with van der Waals surface area (Å²) in [5.74, 6) is -1.32. The van der Waals surface area contributed by atoms with Crippen molar-refractivity contribution in [2.45, 2.75) is 10.9 Å². The lowest BCUT2D eigenvalue weighted by Gasteiger charge is -2.15. The predicted molar refractivity (Wildman–Crippen MR) is 83.6 cm³/mol. The fourth-order valence-corrected chi connectivity index (χ4v) is 3.18. The van der Waals surface area contributed by atoms with Gasteiger partial charge in [-0.15, -0.1) is 0 Å². The van der Waals surface area contributed by atoms with Gasteiger partial charge in [-0.05, 0) is 42.0 Å². The number of carboxylic acids is 1. The minimum Gasteiger partial charge on any atom is -0.480 e. The van der Waals surface area contributed by atoms with Crippen LogP contribution in [-0.2, 0) is 14.8 Å². The highest BCUT2D eigenvalue weighted by Gasteiger charge is 2.26. The van der Waals surface area contributed by atoms with E-state index in [9.17, 15) is 18.3 Å². The molecule has 22 heavy (non-hydrogen) atoms. The number of nitrogens with one attached hydrogen (secondary N) is 1. The Balaban J connectivity index is 2.33. The van der Waals surface area contributed by atoms with Crippen LogP contribution < -0.4 is 4.72 Å². The Morgan fingerprint density at radius 3 is 1.86 bits per heavy atom. The van der Waals surface area contributed by atoms with Crippen molar-refractivity contribution in [2.24, 2.45) is 0 Å². The Labute approximate surface area is 137 Å². The van der Waals surface area contributed by atoms with Crippen LogP contribution in [0.5, 0.6) is 0 Å². The smallest absolute Gasteiger partial charge is 0.326 e. The van der Waals surface area contributed by atoms with Crippen LogP contribution in [0.1, 0.15) is 11.6 Å². The number of rotatable bonds is 5. The third-order valence-electron chi connectivity index (χ3n) is 2.85. The van der Waals surface area contributed by atoms with Crippen molar-refractivity contribution >= 4 is 39.2 Å². The van der Waals surface area contributed by atoms with Gasteiger partial charge in [-0.2, -0.15) is 4.72 Å². The molecule has 0 heterocycles. The SMILES string of the molecule is O=C(O)C(NS(=O)(=O)c1ccc(Cl)cc1)c1ccc(Cl)cc1. The molecule has 2 aromatic rings. The first-order valence-electron chi connectivity index (χ1n) is 6.06. The van der Waals surface area contributed by atoms with Crippen molar-refractivity contribution in [3.05, 3.63) is 64.1 Å². The van der Waals surface area contributed by atoms with E-state index in [4.69, 9.17) is 23.2 Å². The number of aliphatic carboxylic acids is 1. The van der Waals surface area contributed by atoms with Gasteiger partial charge in [-0.25, -0.2) is 8.42 Å². The molecular weight excluding hydrogens is 349 g/mol. The summed E-state index contributed by atoms with van der Waals surface area (Å²) in [6.45, 7) is 0. The van der Waals surface area contributed by atoms with Crippen LogP contribution in [0.25, 0.3) is 0 Å². The van der Waals surface area contributed by atoms with Gasteiger partial charge in [0.05, 0.1) is 4.90 Å². The van der Waals surface area contributed by atoms with Crippen LogP contribution >= 0.6 is 23.2 Å². The second kappa shape index (κ2) is 6.66. The zero-order chi connectivity index (χ0) is 16.3. The highest BCUT2D eigenvalue weighted by atomic mass is 35.5. The maximum atomic E-state index is 12.3. The monoisotopic (exact) mass is 359 g/mol. The normalized spacial score (nSPS) is 12.8. The Hall–Kier alpha value is -1.60. The zero-order valence-electron chi connectivity index (χ0n) is 11.0. The molecule has 0 saturated heterocycles. The van der Waals surface area contributed by atoms with E-state index in [0.29, 0.717) is 10.0 Å². The Bertz CT molecular complexity index is 773.